The zero-order valence-electron chi connectivity index (χ0n) is 16.9. The summed E-state index contributed by atoms with van der Waals surface area (Å²) in [6, 6.07) is 10.5. The molecule has 4 aromatic rings. The maximum Gasteiger partial charge on any atom is 0.316 e. The molecule has 0 saturated carbocycles. The minimum Gasteiger partial charge on any atom is -0.467 e. The Morgan fingerprint density at radius 3 is 2.34 bits per heavy atom. The number of benzene rings is 1. The van der Waals surface area contributed by atoms with Crippen LogP contribution in [-0.4, -0.2) is 36.2 Å². The number of ether oxygens (including phenoxy) is 1. The van der Waals surface area contributed by atoms with Crippen molar-refractivity contribution in [3.8, 4) is 28.5 Å². The molecule has 7 nitrogen and oxygen atoms in total. The van der Waals surface area contributed by atoms with E-state index in [1.807, 2.05) is 37.1 Å². The molecular weight excluding hydrogens is 364 g/mol. The number of imidazole rings is 2. The third-order valence-corrected chi connectivity index (χ3v) is 4.66. The van der Waals surface area contributed by atoms with E-state index in [1.165, 1.54) is 0 Å². The van der Waals surface area contributed by atoms with E-state index >= 15 is 0 Å². The summed E-state index contributed by atoms with van der Waals surface area (Å²) in [7, 11) is 1.56. The molecule has 0 aliphatic heterocycles. The number of nitrogens with zero attached hydrogens (tertiary/aromatic N) is 6. The first-order valence-electron chi connectivity index (χ1n) is 9.61. The van der Waals surface area contributed by atoms with Crippen molar-refractivity contribution in [2.24, 2.45) is 5.92 Å². The average Bonchev–Trinajstić information content (AvgIpc) is 3.36. The lowest BCUT2D eigenvalue weighted by atomic mass is 10.1. The first-order valence-corrected chi connectivity index (χ1v) is 9.61. The summed E-state index contributed by atoms with van der Waals surface area (Å²) in [5, 5.41) is 0. The van der Waals surface area contributed by atoms with Crippen molar-refractivity contribution in [3.05, 3.63) is 67.3 Å². The zero-order valence-corrected chi connectivity index (χ0v) is 16.9. The Kier molecular flexibility index (Phi) is 5.37. The first-order chi connectivity index (χ1) is 14.2. The van der Waals surface area contributed by atoms with E-state index in [-0.39, 0.29) is 0 Å². The Morgan fingerprint density at radius 2 is 1.66 bits per heavy atom. The lowest BCUT2D eigenvalue weighted by Gasteiger charge is -2.14. The Balaban J connectivity index is 1.78. The van der Waals surface area contributed by atoms with Gasteiger partial charge in [-0.1, -0.05) is 44.2 Å². The molecule has 3 heterocycles. The molecule has 29 heavy (non-hydrogen) atoms. The van der Waals surface area contributed by atoms with Gasteiger partial charge in [0.2, 0.25) is 0 Å². The van der Waals surface area contributed by atoms with Crippen molar-refractivity contribution >= 4 is 0 Å². The highest BCUT2D eigenvalue weighted by atomic mass is 16.5. The van der Waals surface area contributed by atoms with Gasteiger partial charge in [-0.15, -0.1) is 0 Å². The summed E-state index contributed by atoms with van der Waals surface area (Å²) in [5.74, 6) is 0.542. The molecule has 0 bridgehead atoms. The number of hydrogen-bond donors (Lipinski definition) is 0. The van der Waals surface area contributed by atoms with Crippen LogP contribution in [0.1, 0.15) is 19.5 Å². The van der Waals surface area contributed by atoms with Gasteiger partial charge >= 0.3 is 6.01 Å². The molecular formula is C22H24N6O. The first kappa shape index (κ1) is 18.9. The normalized spacial score (nSPS) is 11.2. The van der Waals surface area contributed by atoms with Crippen LogP contribution >= 0.6 is 0 Å². The van der Waals surface area contributed by atoms with Crippen LogP contribution in [0.4, 0.5) is 0 Å². The number of methoxy groups -OCH3 is 1. The summed E-state index contributed by atoms with van der Waals surface area (Å²) in [6.07, 6.45) is 9.22. The van der Waals surface area contributed by atoms with Crippen molar-refractivity contribution in [3.63, 3.8) is 0 Å². The minimum absolute atomic E-state index is 0.344. The molecule has 7 heteroatoms. The number of hydrogen-bond acceptors (Lipinski definition) is 5. The Labute approximate surface area is 170 Å². The molecule has 4 rings (SSSR count). The maximum atomic E-state index is 5.11. The van der Waals surface area contributed by atoms with E-state index in [2.05, 4.69) is 50.1 Å². The van der Waals surface area contributed by atoms with Crippen molar-refractivity contribution < 1.29 is 4.74 Å². The molecule has 0 fully saturated rings. The number of aromatic nitrogens is 6. The molecule has 0 aliphatic rings. The fraction of sp³-hybridized carbons (Fsp3) is 0.273. The van der Waals surface area contributed by atoms with E-state index in [0.29, 0.717) is 18.5 Å². The van der Waals surface area contributed by atoms with E-state index in [4.69, 9.17) is 9.72 Å². The maximum absolute atomic E-state index is 5.11. The highest BCUT2D eigenvalue weighted by Gasteiger charge is 2.17. The smallest absolute Gasteiger partial charge is 0.316 e. The molecule has 3 aromatic heterocycles. The van der Waals surface area contributed by atoms with E-state index in [0.717, 1.165) is 34.8 Å². The highest BCUT2D eigenvalue weighted by molar-refractivity contribution is 5.78. The van der Waals surface area contributed by atoms with Gasteiger partial charge < -0.3 is 13.9 Å². The Morgan fingerprint density at radius 1 is 0.897 bits per heavy atom. The summed E-state index contributed by atoms with van der Waals surface area (Å²) in [5.41, 5.74) is 4.93. The summed E-state index contributed by atoms with van der Waals surface area (Å²) < 4.78 is 9.44. The van der Waals surface area contributed by atoms with E-state index in [9.17, 15) is 0 Å². The molecule has 0 saturated heterocycles. The van der Waals surface area contributed by atoms with Gasteiger partial charge in [0.25, 0.3) is 0 Å². The fourth-order valence-corrected chi connectivity index (χ4v) is 3.37. The van der Waals surface area contributed by atoms with Crippen molar-refractivity contribution in [1.29, 1.82) is 0 Å². The van der Waals surface area contributed by atoms with E-state index < -0.39 is 0 Å². The van der Waals surface area contributed by atoms with E-state index in [1.54, 1.807) is 19.5 Å². The molecule has 0 amide bonds. The molecule has 0 N–H and O–H groups in total. The number of rotatable bonds is 7. The zero-order chi connectivity index (χ0) is 20.2. The third-order valence-electron chi connectivity index (χ3n) is 4.66. The molecule has 0 spiro atoms. The quantitative estimate of drug-likeness (QED) is 0.480. The third kappa shape index (κ3) is 4.03. The molecule has 0 atom stereocenters. The highest BCUT2D eigenvalue weighted by Crippen LogP contribution is 2.31. The average molecular weight is 388 g/mol. The van der Waals surface area contributed by atoms with Gasteiger partial charge in [0, 0.05) is 36.3 Å². The second-order valence-electron chi connectivity index (χ2n) is 7.33. The standard InChI is InChI=1S/C22H24N6O/c1-16(2)12-27-14-23-11-19(27)13-28-15-26-20(17-7-5-4-6-8-17)21(28)18-9-24-22(29-3)25-10-18/h4-11,14-16H,12-13H2,1-3H3. The summed E-state index contributed by atoms with van der Waals surface area (Å²) in [6.45, 7) is 5.99. The lowest BCUT2D eigenvalue weighted by Crippen LogP contribution is -2.10. The molecule has 1 aromatic carbocycles. The Bertz CT molecular complexity index is 1070. The van der Waals surface area contributed by atoms with Gasteiger partial charge in [-0.25, -0.2) is 19.9 Å². The van der Waals surface area contributed by atoms with Crippen LogP contribution < -0.4 is 4.74 Å². The van der Waals surface area contributed by atoms with Gasteiger partial charge in [0.15, 0.2) is 0 Å². The topological polar surface area (TPSA) is 70.7 Å². The monoisotopic (exact) mass is 388 g/mol. The predicted octanol–water partition coefficient (Wildman–Crippen LogP) is 3.92. The van der Waals surface area contributed by atoms with Crippen LogP contribution in [0.5, 0.6) is 6.01 Å². The second-order valence-corrected chi connectivity index (χ2v) is 7.33. The van der Waals surface area contributed by atoms with Crippen LogP contribution in [0.15, 0.2) is 61.6 Å². The van der Waals surface area contributed by atoms with Crippen LogP contribution in [0.3, 0.4) is 0 Å². The summed E-state index contributed by atoms with van der Waals surface area (Å²) >= 11 is 0. The molecule has 0 unspecified atom stereocenters. The Hall–Kier alpha value is -3.48. The van der Waals surface area contributed by atoms with Crippen molar-refractivity contribution in [1.82, 2.24) is 29.1 Å². The van der Waals surface area contributed by atoms with Gasteiger partial charge in [0.1, 0.15) is 0 Å². The fourth-order valence-electron chi connectivity index (χ4n) is 3.37. The second kappa shape index (κ2) is 8.26. The SMILES string of the molecule is COc1ncc(-c2c(-c3ccccc3)ncn2Cc2cncn2CC(C)C)cn1. The van der Waals surface area contributed by atoms with Crippen LogP contribution in [0, 0.1) is 5.92 Å². The van der Waals surface area contributed by atoms with Crippen LogP contribution in [-0.2, 0) is 13.1 Å². The van der Waals surface area contributed by atoms with Crippen LogP contribution in [0.25, 0.3) is 22.5 Å². The molecule has 0 aliphatic carbocycles. The van der Waals surface area contributed by atoms with Gasteiger partial charge in [-0.05, 0) is 5.92 Å². The minimum atomic E-state index is 0.344. The van der Waals surface area contributed by atoms with Crippen molar-refractivity contribution in [2.45, 2.75) is 26.9 Å². The molecule has 148 valence electrons. The lowest BCUT2D eigenvalue weighted by molar-refractivity contribution is 0.380. The van der Waals surface area contributed by atoms with Gasteiger partial charge in [0.05, 0.1) is 43.4 Å². The van der Waals surface area contributed by atoms with Gasteiger partial charge in [-0.2, -0.15) is 0 Å². The predicted molar refractivity (Wildman–Crippen MR) is 111 cm³/mol. The van der Waals surface area contributed by atoms with Gasteiger partial charge in [-0.3, -0.25) is 0 Å². The van der Waals surface area contributed by atoms with Crippen LogP contribution in [0.2, 0.25) is 0 Å². The molecule has 0 radical (unpaired) electrons. The largest absolute Gasteiger partial charge is 0.467 e. The summed E-state index contributed by atoms with van der Waals surface area (Å²) in [4.78, 5) is 17.7. The van der Waals surface area contributed by atoms with Crippen molar-refractivity contribution in [2.75, 3.05) is 7.11 Å².